The normalized spacial score (nSPS) is 34.2. The van der Waals surface area contributed by atoms with Gasteiger partial charge in [-0.05, 0) is 12.8 Å². The Morgan fingerprint density at radius 3 is 2.64 bits per heavy atom. The Kier molecular flexibility index (Phi) is 4.72. The summed E-state index contributed by atoms with van der Waals surface area (Å²) in [4.78, 5) is 14.3. The number of nitrogens with zero attached hydrogens (tertiary/aromatic N) is 2. The summed E-state index contributed by atoms with van der Waals surface area (Å²) in [5.74, 6) is 0.305. The summed E-state index contributed by atoms with van der Waals surface area (Å²) in [6.07, 6.45) is 2.76. The summed E-state index contributed by atoms with van der Waals surface area (Å²) in [6, 6.07) is 0. The maximum atomic E-state index is 12.5. The molecule has 0 aliphatic carbocycles. The van der Waals surface area contributed by atoms with Crippen molar-refractivity contribution in [2.24, 2.45) is 11.8 Å². The van der Waals surface area contributed by atoms with Crippen molar-refractivity contribution in [3.63, 3.8) is 0 Å². The van der Waals surface area contributed by atoms with Crippen LogP contribution in [0.2, 0.25) is 0 Å². The van der Waals surface area contributed by atoms with Crippen LogP contribution in [-0.2, 0) is 24.3 Å². The quantitative estimate of drug-likeness (QED) is 0.683. The van der Waals surface area contributed by atoms with Crippen LogP contribution in [-0.4, -0.2) is 81.9 Å². The number of rotatable bonds is 2. The van der Waals surface area contributed by atoms with Gasteiger partial charge in [-0.15, -0.1) is 0 Å². The van der Waals surface area contributed by atoms with Gasteiger partial charge in [0.1, 0.15) is 0 Å². The molecule has 0 radical (unpaired) electrons. The highest BCUT2D eigenvalue weighted by atomic mass is 32.2. The van der Waals surface area contributed by atoms with E-state index in [1.165, 1.54) is 10.6 Å². The average molecular weight is 332 g/mol. The Morgan fingerprint density at radius 2 is 1.95 bits per heavy atom. The average Bonchev–Trinajstić information content (AvgIpc) is 2.91. The molecule has 1 amide bonds. The second-order valence-electron chi connectivity index (χ2n) is 6.42. The van der Waals surface area contributed by atoms with E-state index < -0.39 is 10.0 Å². The first kappa shape index (κ1) is 16.2. The van der Waals surface area contributed by atoms with Crippen LogP contribution in [0.5, 0.6) is 0 Å². The molecule has 3 saturated heterocycles. The predicted molar refractivity (Wildman–Crippen MR) is 79.8 cm³/mol. The van der Waals surface area contributed by atoms with E-state index >= 15 is 0 Å². The third-order valence-electron chi connectivity index (χ3n) is 4.87. The highest BCUT2D eigenvalue weighted by molar-refractivity contribution is 7.88. The zero-order valence-corrected chi connectivity index (χ0v) is 13.8. The van der Waals surface area contributed by atoms with E-state index in [4.69, 9.17) is 9.47 Å². The number of ether oxygens (including phenoxy) is 2. The number of piperidine rings is 1. The molecule has 3 rings (SSSR count). The van der Waals surface area contributed by atoms with Crippen molar-refractivity contribution >= 4 is 15.9 Å². The lowest BCUT2D eigenvalue weighted by Crippen LogP contribution is -2.51. The van der Waals surface area contributed by atoms with E-state index in [0.29, 0.717) is 46.0 Å². The number of likely N-dealkylation sites (tertiary alicyclic amines) is 1. The standard InChI is InChI=1S/C14H24N2O5S/c1-22(18,19)16-5-7-21-13-9-15(4-2-11(13)8-16)14(17)12-3-6-20-10-12/h11-13H,2-10H2,1H3/t11-,12+,13-/m1/s1. The van der Waals surface area contributed by atoms with Crippen molar-refractivity contribution in [1.82, 2.24) is 9.21 Å². The molecule has 0 spiro atoms. The fourth-order valence-corrected chi connectivity index (χ4v) is 4.38. The lowest BCUT2D eigenvalue weighted by molar-refractivity contribution is -0.141. The summed E-state index contributed by atoms with van der Waals surface area (Å²) in [7, 11) is -3.19. The number of hydrogen-bond acceptors (Lipinski definition) is 5. The fraction of sp³-hybridized carbons (Fsp3) is 0.929. The molecule has 0 saturated carbocycles. The number of sulfonamides is 1. The summed E-state index contributed by atoms with van der Waals surface area (Å²) >= 11 is 0. The highest BCUT2D eigenvalue weighted by Crippen LogP contribution is 2.27. The van der Waals surface area contributed by atoms with Crippen LogP contribution in [0.3, 0.4) is 0 Å². The Balaban J connectivity index is 1.63. The molecule has 3 aliphatic heterocycles. The van der Waals surface area contributed by atoms with Gasteiger partial charge in [-0.1, -0.05) is 0 Å². The van der Waals surface area contributed by atoms with Crippen molar-refractivity contribution in [3.05, 3.63) is 0 Å². The van der Waals surface area contributed by atoms with Crippen molar-refractivity contribution in [2.45, 2.75) is 18.9 Å². The van der Waals surface area contributed by atoms with E-state index in [-0.39, 0.29) is 23.8 Å². The minimum absolute atomic E-state index is 0.0187. The van der Waals surface area contributed by atoms with Gasteiger partial charge >= 0.3 is 0 Å². The largest absolute Gasteiger partial charge is 0.381 e. The Morgan fingerprint density at radius 1 is 1.14 bits per heavy atom. The summed E-state index contributed by atoms with van der Waals surface area (Å²) in [5, 5.41) is 0. The Hall–Kier alpha value is -0.700. The minimum atomic E-state index is -3.19. The Bertz CT molecular complexity index is 517. The molecular formula is C14H24N2O5S. The van der Waals surface area contributed by atoms with Crippen molar-refractivity contribution < 1.29 is 22.7 Å². The molecule has 0 unspecified atom stereocenters. The molecule has 0 aromatic carbocycles. The molecule has 0 N–H and O–H groups in total. The Labute approximate surface area is 131 Å². The van der Waals surface area contributed by atoms with Crippen LogP contribution >= 0.6 is 0 Å². The van der Waals surface area contributed by atoms with Crippen LogP contribution < -0.4 is 0 Å². The van der Waals surface area contributed by atoms with E-state index in [2.05, 4.69) is 0 Å². The van der Waals surface area contributed by atoms with Gasteiger partial charge in [0.2, 0.25) is 15.9 Å². The highest BCUT2D eigenvalue weighted by Gasteiger charge is 2.38. The molecule has 3 aliphatic rings. The molecule has 8 heteroatoms. The molecule has 7 nitrogen and oxygen atoms in total. The van der Waals surface area contributed by atoms with Gasteiger partial charge in [0.15, 0.2) is 0 Å². The first-order chi connectivity index (χ1) is 10.4. The number of fused-ring (bicyclic) bond motifs is 1. The van der Waals surface area contributed by atoms with Gasteiger partial charge in [0, 0.05) is 38.7 Å². The second kappa shape index (κ2) is 6.43. The summed E-state index contributed by atoms with van der Waals surface area (Å²) < 4.78 is 36.1. The van der Waals surface area contributed by atoms with Gasteiger partial charge < -0.3 is 14.4 Å². The van der Waals surface area contributed by atoms with Gasteiger partial charge in [-0.3, -0.25) is 4.79 Å². The fourth-order valence-electron chi connectivity index (χ4n) is 3.51. The first-order valence-electron chi connectivity index (χ1n) is 7.88. The molecular weight excluding hydrogens is 308 g/mol. The molecule has 3 atom stereocenters. The second-order valence-corrected chi connectivity index (χ2v) is 8.41. The van der Waals surface area contributed by atoms with Gasteiger partial charge in [-0.2, -0.15) is 4.31 Å². The smallest absolute Gasteiger partial charge is 0.228 e. The SMILES string of the molecule is CS(=O)(=O)N1CCO[C@@H]2CN(C(=O)[C@H]3CCOC3)CC[C@@H]2C1. The maximum absolute atomic E-state index is 12.5. The van der Waals surface area contributed by atoms with Gasteiger partial charge in [-0.25, -0.2) is 8.42 Å². The zero-order chi connectivity index (χ0) is 15.7. The monoisotopic (exact) mass is 332 g/mol. The predicted octanol–water partition coefficient (Wildman–Crippen LogP) is -0.468. The van der Waals surface area contributed by atoms with E-state index in [9.17, 15) is 13.2 Å². The number of hydrogen-bond donors (Lipinski definition) is 0. The topological polar surface area (TPSA) is 76.2 Å². The van der Waals surface area contributed by atoms with Crippen LogP contribution in [0.4, 0.5) is 0 Å². The molecule has 0 aromatic rings. The third-order valence-corrected chi connectivity index (χ3v) is 6.14. The lowest BCUT2D eigenvalue weighted by Gasteiger charge is -2.38. The van der Waals surface area contributed by atoms with Crippen LogP contribution in [0.25, 0.3) is 0 Å². The van der Waals surface area contributed by atoms with E-state index in [1.807, 2.05) is 4.90 Å². The molecule has 3 fully saturated rings. The van der Waals surface area contributed by atoms with Crippen molar-refractivity contribution in [2.75, 3.05) is 52.3 Å². The van der Waals surface area contributed by atoms with Gasteiger partial charge in [0.05, 0.1) is 31.5 Å². The molecule has 0 bridgehead atoms. The number of amides is 1. The first-order valence-corrected chi connectivity index (χ1v) is 9.73. The molecule has 0 aromatic heterocycles. The van der Waals surface area contributed by atoms with E-state index in [1.54, 1.807) is 0 Å². The van der Waals surface area contributed by atoms with Crippen molar-refractivity contribution in [1.29, 1.82) is 0 Å². The maximum Gasteiger partial charge on any atom is 0.228 e. The molecule has 22 heavy (non-hydrogen) atoms. The molecule has 126 valence electrons. The number of carbonyl (C=O) groups is 1. The van der Waals surface area contributed by atoms with E-state index in [0.717, 1.165) is 12.8 Å². The minimum Gasteiger partial charge on any atom is -0.381 e. The lowest BCUT2D eigenvalue weighted by atomic mass is 9.92. The summed E-state index contributed by atoms with van der Waals surface area (Å²) in [5.41, 5.74) is 0. The van der Waals surface area contributed by atoms with Crippen LogP contribution in [0, 0.1) is 11.8 Å². The van der Waals surface area contributed by atoms with Crippen LogP contribution in [0.15, 0.2) is 0 Å². The summed E-state index contributed by atoms with van der Waals surface area (Å²) in [6.45, 7) is 3.72. The third kappa shape index (κ3) is 3.45. The van der Waals surface area contributed by atoms with Gasteiger partial charge in [0.25, 0.3) is 0 Å². The zero-order valence-electron chi connectivity index (χ0n) is 12.9. The van der Waals surface area contributed by atoms with Crippen LogP contribution in [0.1, 0.15) is 12.8 Å². The number of carbonyl (C=O) groups excluding carboxylic acids is 1. The molecule has 3 heterocycles. The van der Waals surface area contributed by atoms with Crippen molar-refractivity contribution in [3.8, 4) is 0 Å².